The molecular weight excluding hydrogens is 258 g/mol. The van der Waals surface area contributed by atoms with Gasteiger partial charge in [0.25, 0.3) is 0 Å². The van der Waals surface area contributed by atoms with Gasteiger partial charge in [-0.15, -0.1) is 10.2 Å². The topological polar surface area (TPSA) is 67.4 Å². The van der Waals surface area contributed by atoms with Crippen molar-refractivity contribution >= 4 is 11.8 Å². The molecule has 0 fully saturated rings. The molecule has 0 N–H and O–H groups in total. The summed E-state index contributed by atoms with van der Waals surface area (Å²) in [4.78, 5) is 4.63. The molecule has 0 spiro atoms. The molecule has 0 atom stereocenters. The van der Waals surface area contributed by atoms with E-state index in [1.54, 1.807) is 0 Å². The van der Waals surface area contributed by atoms with Gasteiger partial charge in [-0.25, -0.2) is 4.98 Å². The molecule has 1 aliphatic carbocycles. The summed E-state index contributed by atoms with van der Waals surface area (Å²) in [6.07, 6.45) is 3.17. The number of rotatable bonds is 2. The van der Waals surface area contributed by atoms with Crippen LogP contribution in [-0.2, 0) is 19.9 Å². The average Bonchev–Trinajstić information content (AvgIpc) is 2.99. The van der Waals surface area contributed by atoms with E-state index >= 15 is 0 Å². The first-order valence-corrected chi connectivity index (χ1v) is 6.97. The van der Waals surface area contributed by atoms with E-state index < -0.39 is 0 Å². The normalized spacial score (nSPS) is 13.3. The SMILES string of the molecule is Cc1nnc(Sc2nc3c(cc2C#N)CCC3)n1C. The van der Waals surface area contributed by atoms with Crippen molar-refractivity contribution in [1.29, 1.82) is 5.26 Å². The Kier molecular flexibility index (Phi) is 2.99. The zero-order valence-corrected chi connectivity index (χ0v) is 11.7. The molecule has 19 heavy (non-hydrogen) atoms. The summed E-state index contributed by atoms with van der Waals surface area (Å²) in [6.45, 7) is 1.90. The number of aryl methyl sites for hydroxylation is 3. The molecular formula is C13H13N5S. The highest BCUT2D eigenvalue weighted by Crippen LogP contribution is 2.31. The van der Waals surface area contributed by atoms with E-state index in [2.05, 4.69) is 21.3 Å². The van der Waals surface area contributed by atoms with Gasteiger partial charge in [-0.2, -0.15) is 5.26 Å². The zero-order valence-electron chi connectivity index (χ0n) is 10.8. The first-order chi connectivity index (χ1) is 9.19. The molecule has 0 saturated heterocycles. The lowest BCUT2D eigenvalue weighted by Crippen LogP contribution is -1.98. The molecule has 0 amide bonds. The standard InChI is InChI=1S/C13H13N5S/c1-8-16-17-13(18(8)2)19-12-10(7-14)6-9-4-3-5-11(9)15-12/h6H,3-5H2,1-2H3. The predicted octanol–water partition coefficient (Wildman–Crippen LogP) is 2.03. The molecule has 0 unspecified atom stereocenters. The Hall–Kier alpha value is -1.87. The lowest BCUT2D eigenvalue weighted by atomic mass is 10.2. The Morgan fingerprint density at radius 2 is 2.21 bits per heavy atom. The van der Waals surface area contributed by atoms with Gasteiger partial charge in [0.1, 0.15) is 16.9 Å². The molecule has 0 bridgehead atoms. The number of nitriles is 1. The van der Waals surface area contributed by atoms with E-state index in [9.17, 15) is 5.26 Å². The largest absolute Gasteiger partial charge is 0.309 e. The predicted molar refractivity (Wildman–Crippen MR) is 70.8 cm³/mol. The number of hydrogen-bond acceptors (Lipinski definition) is 5. The quantitative estimate of drug-likeness (QED) is 0.836. The fourth-order valence-electron chi connectivity index (χ4n) is 2.17. The van der Waals surface area contributed by atoms with E-state index in [4.69, 9.17) is 0 Å². The smallest absolute Gasteiger partial charge is 0.197 e. The Labute approximate surface area is 115 Å². The second-order valence-electron chi connectivity index (χ2n) is 4.60. The summed E-state index contributed by atoms with van der Waals surface area (Å²) in [5, 5.41) is 18.9. The van der Waals surface area contributed by atoms with Crippen LogP contribution in [0.4, 0.5) is 0 Å². The molecule has 2 aromatic rings. The van der Waals surface area contributed by atoms with Crippen molar-refractivity contribution in [1.82, 2.24) is 19.7 Å². The monoisotopic (exact) mass is 271 g/mol. The van der Waals surface area contributed by atoms with Gasteiger partial charge < -0.3 is 4.57 Å². The summed E-state index contributed by atoms with van der Waals surface area (Å²) in [5.41, 5.74) is 2.97. The van der Waals surface area contributed by atoms with Crippen molar-refractivity contribution in [3.05, 3.63) is 28.7 Å². The Balaban J connectivity index is 2.01. The first kappa shape index (κ1) is 12.2. The van der Waals surface area contributed by atoms with Crippen molar-refractivity contribution in [2.75, 3.05) is 0 Å². The van der Waals surface area contributed by atoms with Crippen LogP contribution in [0.5, 0.6) is 0 Å². The van der Waals surface area contributed by atoms with Crippen LogP contribution >= 0.6 is 11.8 Å². The molecule has 0 aliphatic heterocycles. The molecule has 5 nitrogen and oxygen atoms in total. The first-order valence-electron chi connectivity index (χ1n) is 6.16. The van der Waals surface area contributed by atoms with Crippen LogP contribution in [0.15, 0.2) is 16.2 Å². The van der Waals surface area contributed by atoms with Crippen molar-refractivity contribution in [2.45, 2.75) is 36.4 Å². The summed E-state index contributed by atoms with van der Waals surface area (Å²) in [5.74, 6) is 0.849. The van der Waals surface area contributed by atoms with E-state index in [0.717, 1.165) is 41.0 Å². The minimum atomic E-state index is 0.631. The molecule has 3 rings (SSSR count). The summed E-state index contributed by atoms with van der Waals surface area (Å²) < 4.78 is 1.90. The Morgan fingerprint density at radius 3 is 2.89 bits per heavy atom. The maximum Gasteiger partial charge on any atom is 0.197 e. The lowest BCUT2D eigenvalue weighted by molar-refractivity contribution is 0.764. The van der Waals surface area contributed by atoms with Crippen LogP contribution in [0, 0.1) is 18.3 Å². The summed E-state index contributed by atoms with van der Waals surface area (Å²) in [6, 6.07) is 4.20. The second-order valence-corrected chi connectivity index (χ2v) is 5.56. The minimum Gasteiger partial charge on any atom is -0.309 e. The molecule has 0 saturated carbocycles. The van der Waals surface area contributed by atoms with Crippen LogP contribution < -0.4 is 0 Å². The van der Waals surface area contributed by atoms with Gasteiger partial charge in [0, 0.05) is 12.7 Å². The van der Waals surface area contributed by atoms with Gasteiger partial charge >= 0.3 is 0 Å². The number of nitrogens with zero attached hydrogens (tertiary/aromatic N) is 5. The third kappa shape index (κ3) is 2.10. The maximum absolute atomic E-state index is 9.26. The van der Waals surface area contributed by atoms with Crippen LogP contribution in [0.3, 0.4) is 0 Å². The van der Waals surface area contributed by atoms with Crippen LogP contribution in [0.1, 0.15) is 29.1 Å². The Bertz CT molecular complexity index is 683. The van der Waals surface area contributed by atoms with Gasteiger partial charge in [-0.05, 0) is 49.6 Å². The molecule has 0 aromatic carbocycles. The highest BCUT2D eigenvalue weighted by Gasteiger charge is 2.18. The van der Waals surface area contributed by atoms with Crippen LogP contribution in [0.2, 0.25) is 0 Å². The lowest BCUT2D eigenvalue weighted by Gasteiger charge is -2.06. The van der Waals surface area contributed by atoms with Crippen LogP contribution in [-0.4, -0.2) is 19.7 Å². The zero-order chi connectivity index (χ0) is 13.4. The van der Waals surface area contributed by atoms with Gasteiger partial charge in [0.05, 0.1) is 5.56 Å². The third-order valence-corrected chi connectivity index (χ3v) is 4.42. The van der Waals surface area contributed by atoms with Crippen LogP contribution in [0.25, 0.3) is 0 Å². The number of fused-ring (bicyclic) bond motifs is 1. The van der Waals surface area contributed by atoms with Crippen molar-refractivity contribution < 1.29 is 0 Å². The fraction of sp³-hybridized carbons (Fsp3) is 0.385. The average molecular weight is 271 g/mol. The van der Waals surface area contributed by atoms with Gasteiger partial charge in [0.2, 0.25) is 0 Å². The maximum atomic E-state index is 9.26. The van der Waals surface area contributed by atoms with Gasteiger partial charge in [-0.1, -0.05) is 0 Å². The molecule has 6 heteroatoms. The van der Waals surface area contributed by atoms with Crippen molar-refractivity contribution in [3.8, 4) is 6.07 Å². The summed E-state index contributed by atoms with van der Waals surface area (Å²) >= 11 is 1.41. The van der Waals surface area contributed by atoms with E-state index in [1.165, 1.54) is 17.3 Å². The highest BCUT2D eigenvalue weighted by atomic mass is 32.2. The molecule has 2 aromatic heterocycles. The Morgan fingerprint density at radius 1 is 1.37 bits per heavy atom. The number of hydrogen-bond donors (Lipinski definition) is 0. The summed E-state index contributed by atoms with van der Waals surface area (Å²) in [7, 11) is 1.91. The molecule has 0 radical (unpaired) electrons. The molecule has 96 valence electrons. The number of pyridine rings is 1. The van der Waals surface area contributed by atoms with Crippen molar-refractivity contribution in [2.24, 2.45) is 7.05 Å². The molecule has 2 heterocycles. The van der Waals surface area contributed by atoms with E-state index in [0.29, 0.717) is 5.56 Å². The second kappa shape index (κ2) is 4.67. The fourth-order valence-corrected chi connectivity index (χ4v) is 3.07. The van der Waals surface area contributed by atoms with Gasteiger partial charge in [0.15, 0.2) is 5.16 Å². The third-order valence-electron chi connectivity index (χ3n) is 3.38. The van der Waals surface area contributed by atoms with Crippen molar-refractivity contribution in [3.63, 3.8) is 0 Å². The highest BCUT2D eigenvalue weighted by molar-refractivity contribution is 7.99. The molecule has 1 aliphatic rings. The van der Waals surface area contributed by atoms with E-state index in [1.807, 2.05) is 24.6 Å². The van der Waals surface area contributed by atoms with Gasteiger partial charge in [-0.3, -0.25) is 0 Å². The number of aromatic nitrogens is 4. The minimum absolute atomic E-state index is 0.631. The van der Waals surface area contributed by atoms with E-state index in [-0.39, 0.29) is 0 Å².